The molecule has 0 N–H and O–H groups in total. The van der Waals surface area contributed by atoms with Crippen LogP contribution >= 0.6 is 0 Å². The summed E-state index contributed by atoms with van der Waals surface area (Å²) in [6, 6.07) is 5.60. The van der Waals surface area contributed by atoms with E-state index in [0.29, 0.717) is 22.5 Å². The fraction of sp³-hybridized carbons (Fsp3) is 0.333. The molecule has 0 bridgehead atoms. The number of hydrogen-bond acceptors (Lipinski definition) is 4. The first-order valence-corrected chi connectivity index (χ1v) is 7.00. The Hall–Kier alpha value is -1.56. The summed E-state index contributed by atoms with van der Waals surface area (Å²) in [6.07, 6.45) is 2.17. The molecule has 1 heterocycles. The third-order valence-electron chi connectivity index (χ3n) is 2.75. The Balaban J connectivity index is 1.70. The Bertz CT molecular complexity index is 578. The maximum Gasteiger partial charge on any atom is 0.229 e. The minimum absolute atomic E-state index is 0.196. The van der Waals surface area contributed by atoms with Gasteiger partial charge in [-0.1, -0.05) is 5.16 Å². The summed E-state index contributed by atoms with van der Waals surface area (Å²) in [4.78, 5) is 4.77. The zero-order valence-corrected chi connectivity index (χ0v) is 10.3. The van der Waals surface area contributed by atoms with Crippen molar-refractivity contribution in [3.63, 3.8) is 0 Å². The van der Waals surface area contributed by atoms with Crippen molar-refractivity contribution in [3.05, 3.63) is 41.8 Å². The van der Waals surface area contributed by atoms with Crippen LogP contribution in [0.15, 0.2) is 33.7 Å². The lowest BCUT2D eigenvalue weighted by molar-refractivity contribution is 0.375. The molecular weight excluding hydrogens is 255 g/mol. The predicted molar refractivity (Wildman–Crippen MR) is 62.8 cm³/mol. The Morgan fingerprint density at radius 3 is 2.72 bits per heavy atom. The molecule has 0 aliphatic heterocycles. The molecular formula is C12H11FN2O2S. The van der Waals surface area contributed by atoms with Gasteiger partial charge in [0.2, 0.25) is 5.89 Å². The normalized spacial score (nSPS) is 16.7. The zero-order chi connectivity index (χ0) is 12.5. The van der Waals surface area contributed by atoms with Crippen LogP contribution in [0.2, 0.25) is 0 Å². The van der Waals surface area contributed by atoms with Crippen molar-refractivity contribution in [2.24, 2.45) is 0 Å². The van der Waals surface area contributed by atoms with E-state index in [-0.39, 0.29) is 11.6 Å². The van der Waals surface area contributed by atoms with E-state index < -0.39 is 10.8 Å². The van der Waals surface area contributed by atoms with Crippen molar-refractivity contribution in [2.75, 3.05) is 0 Å². The van der Waals surface area contributed by atoms with Crippen LogP contribution in [0.5, 0.6) is 0 Å². The van der Waals surface area contributed by atoms with Crippen molar-refractivity contribution in [2.45, 2.75) is 29.4 Å². The average Bonchev–Trinajstić information content (AvgIpc) is 3.11. The van der Waals surface area contributed by atoms with E-state index in [1.807, 2.05) is 0 Å². The van der Waals surface area contributed by atoms with Crippen molar-refractivity contribution in [3.8, 4) is 0 Å². The minimum Gasteiger partial charge on any atom is -0.339 e. The molecule has 1 aromatic carbocycles. The first-order chi connectivity index (χ1) is 8.72. The highest BCUT2D eigenvalue weighted by molar-refractivity contribution is 7.84. The molecule has 1 aliphatic carbocycles. The zero-order valence-electron chi connectivity index (χ0n) is 9.51. The van der Waals surface area contributed by atoms with Gasteiger partial charge in [0, 0.05) is 10.8 Å². The summed E-state index contributed by atoms with van der Waals surface area (Å²) in [5.74, 6) is 1.33. The van der Waals surface area contributed by atoms with Crippen LogP contribution in [0.1, 0.15) is 30.5 Å². The molecule has 1 fully saturated rings. The van der Waals surface area contributed by atoms with Gasteiger partial charge in [-0.2, -0.15) is 4.98 Å². The molecule has 0 radical (unpaired) electrons. The van der Waals surface area contributed by atoms with Crippen LogP contribution in [0, 0.1) is 5.82 Å². The minimum atomic E-state index is -1.27. The molecule has 0 saturated heterocycles. The largest absolute Gasteiger partial charge is 0.339 e. The number of rotatable bonds is 4. The molecule has 1 aliphatic rings. The number of hydrogen-bond donors (Lipinski definition) is 0. The standard InChI is InChI=1S/C12H11FN2O2S/c13-9-3-5-10(6-4-9)18(16)7-11-14-12(17-15-11)8-1-2-8/h3-6,8H,1-2,7H2. The Morgan fingerprint density at radius 1 is 1.33 bits per heavy atom. The van der Waals surface area contributed by atoms with Crippen molar-refractivity contribution in [1.29, 1.82) is 0 Å². The van der Waals surface area contributed by atoms with Crippen LogP contribution in [0.3, 0.4) is 0 Å². The van der Waals surface area contributed by atoms with Crippen LogP contribution < -0.4 is 0 Å². The third-order valence-corrected chi connectivity index (χ3v) is 4.07. The van der Waals surface area contributed by atoms with Gasteiger partial charge in [0.1, 0.15) is 5.82 Å². The predicted octanol–water partition coefficient (Wildman–Crippen LogP) is 2.39. The maximum absolute atomic E-state index is 12.7. The van der Waals surface area contributed by atoms with E-state index >= 15 is 0 Å². The molecule has 1 aromatic heterocycles. The lowest BCUT2D eigenvalue weighted by Gasteiger charge is -1.98. The molecule has 1 saturated carbocycles. The lowest BCUT2D eigenvalue weighted by atomic mass is 10.4. The van der Waals surface area contributed by atoms with Gasteiger partial charge >= 0.3 is 0 Å². The highest BCUT2D eigenvalue weighted by atomic mass is 32.2. The van der Waals surface area contributed by atoms with Gasteiger partial charge in [-0.25, -0.2) is 4.39 Å². The van der Waals surface area contributed by atoms with E-state index in [1.54, 1.807) is 0 Å². The smallest absolute Gasteiger partial charge is 0.229 e. The van der Waals surface area contributed by atoms with Crippen molar-refractivity contribution < 1.29 is 13.1 Å². The average molecular weight is 266 g/mol. The van der Waals surface area contributed by atoms with Gasteiger partial charge in [0.25, 0.3) is 0 Å². The summed E-state index contributed by atoms with van der Waals surface area (Å²) in [5, 5.41) is 3.81. The first-order valence-electron chi connectivity index (χ1n) is 5.69. The van der Waals surface area contributed by atoms with E-state index in [2.05, 4.69) is 10.1 Å². The molecule has 0 spiro atoms. The van der Waals surface area contributed by atoms with E-state index in [0.717, 1.165) is 12.8 Å². The molecule has 3 rings (SSSR count). The monoisotopic (exact) mass is 266 g/mol. The molecule has 0 amide bonds. The van der Waals surface area contributed by atoms with E-state index in [9.17, 15) is 8.60 Å². The van der Waals surface area contributed by atoms with Crippen LogP contribution in [0.25, 0.3) is 0 Å². The van der Waals surface area contributed by atoms with Gasteiger partial charge in [0.05, 0.1) is 16.6 Å². The fourth-order valence-corrected chi connectivity index (χ4v) is 2.57. The van der Waals surface area contributed by atoms with Crippen molar-refractivity contribution >= 4 is 10.8 Å². The topological polar surface area (TPSA) is 56.0 Å². The van der Waals surface area contributed by atoms with Gasteiger partial charge < -0.3 is 4.52 Å². The summed E-state index contributed by atoms with van der Waals surface area (Å²) >= 11 is 0. The second-order valence-electron chi connectivity index (χ2n) is 4.27. The van der Waals surface area contributed by atoms with Crippen molar-refractivity contribution in [1.82, 2.24) is 10.1 Å². The fourth-order valence-electron chi connectivity index (χ4n) is 1.61. The van der Waals surface area contributed by atoms with Gasteiger partial charge in [-0.3, -0.25) is 4.21 Å². The summed E-state index contributed by atoms with van der Waals surface area (Å²) in [5.41, 5.74) is 0. The summed E-state index contributed by atoms with van der Waals surface area (Å²) in [6.45, 7) is 0. The second-order valence-corrected chi connectivity index (χ2v) is 5.72. The second kappa shape index (κ2) is 4.61. The van der Waals surface area contributed by atoms with E-state index in [4.69, 9.17) is 4.52 Å². The molecule has 1 unspecified atom stereocenters. The van der Waals surface area contributed by atoms with E-state index in [1.165, 1.54) is 24.3 Å². The molecule has 2 aromatic rings. The van der Waals surface area contributed by atoms with Crippen LogP contribution in [-0.4, -0.2) is 14.3 Å². The SMILES string of the molecule is O=S(Cc1noc(C2CC2)n1)c1ccc(F)cc1. The third kappa shape index (κ3) is 2.48. The summed E-state index contributed by atoms with van der Waals surface area (Å²) in [7, 11) is -1.27. The first kappa shape index (κ1) is 11.5. The maximum atomic E-state index is 12.7. The Kier molecular flexibility index (Phi) is 2.95. The highest BCUT2D eigenvalue weighted by Crippen LogP contribution is 2.38. The quantitative estimate of drug-likeness (QED) is 0.852. The van der Waals surface area contributed by atoms with Gasteiger partial charge in [0.15, 0.2) is 5.82 Å². The molecule has 6 heteroatoms. The lowest BCUT2D eigenvalue weighted by Crippen LogP contribution is -1.98. The number of halogens is 1. The number of benzene rings is 1. The summed E-state index contributed by atoms with van der Waals surface area (Å²) < 4.78 is 29.8. The Morgan fingerprint density at radius 2 is 2.06 bits per heavy atom. The molecule has 1 atom stereocenters. The van der Waals surface area contributed by atoms with Crippen LogP contribution in [-0.2, 0) is 16.6 Å². The molecule has 18 heavy (non-hydrogen) atoms. The molecule has 94 valence electrons. The molecule has 4 nitrogen and oxygen atoms in total. The van der Waals surface area contributed by atoms with Gasteiger partial charge in [-0.05, 0) is 37.1 Å². The number of nitrogens with zero attached hydrogens (tertiary/aromatic N) is 2. The Labute approximate surface area is 106 Å². The van der Waals surface area contributed by atoms with Gasteiger partial charge in [-0.15, -0.1) is 0 Å². The highest BCUT2D eigenvalue weighted by Gasteiger charge is 2.29. The number of aromatic nitrogens is 2. The van der Waals surface area contributed by atoms with Crippen LogP contribution in [0.4, 0.5) is 4.39 Å².